The van der Waals surface area contributed by atoms with Crippen LogP contribution in [0.25, 0.3) is 11.1 Å². The van der Waals surface area contributed by atoms with Crippen molar-refractivity contribution in [3.8, 4) is 22.6 Å². The summed E-state index contributed by atoms with van der Waals surface area (Å²) in [4.78, 5) is 26.1. The SMILES string of the molecule is Cc1cc(C(=O)N2CCOCC2)cc(C)c1-c1ccc(F)c2c1CC[C@H]2Oc1ccc2c(c1)OCC2CC(=O)O. The molecule has 1 aliphatic carbocycles. The number of aryl methyl sites for hydroxylation is 2. The van der Waals surface area contributed by atoms with Gasteiger partial charge in [-0.15, -0.1) is 0 Å². The van der Waals surface area contributed by atoms with Gasteiger partial charge in [-0.25, -0.2) is 4.39 Å². The smallest absolute Gasteiger partial charge is 0.304 e. The van der Waals surface area contributed by atoms with E-state index in [9.17, 15) is 9.59 Å². The zero-order chi connectivity index (χ0) is 28.0. The van der Waals surface area contributed by atoms with Crippen molar-refractivity contribution >= 4 is 11.9 Å². The Labute approximate surface area is 232 Å². The summed E-state index contributed by atoms with van der Waals surface area (Å²) in [5.74, 6) is -0.152. The zero-order valence-corrected chi connectivity index (χ0v) is 22.7. The molecule has 8 heteroatoms. The number of carboxylic acids is 1. The normalized spacial score (nSPS) is 19.6. The number of hydrogen-bond acceptors (Lipinski definition) is 5. The first-order valence-electron chi connectivity index (χ1n) is 13.7. The molecular weight excluding hydrogens is 513 g/mol. The van der Waals surface area contributed by atoms with Gasteiger partial charge < -0.3 is 24.2 Å². The van der Waals surface area contributed by atoms with Crippen LogP contribution in [-0.4, -0.2) is 54.8 Å². The lowest BCUT2D eigenvalue weighted by molar-refractivity contribution is -0.137. The lowest BCUT2D eigenvalue weighted by atomic mass is 9.89. The average molecular weight is 546 g/mol. The van der Waals surface area contributed by atoms with E-state index in [1.54, 1.807) is 12.1 Å². The van der Waals surface area contributed by atoms with E-state index in [2.05, 4.69) is 0 Å². The van der Waals surface area contributed by atoms with Crippen LogP contribution >= 0.6 is 0 Å². The minimum atomic E-state index is -0.862. The van der Waals surface area contributed by atoms with Gasteiger partial charge in [0.05, 0.1) is 26.2 Å². The van der Waals surface area contributed by atoms with Gasteiger partial charge in [0.1, 0.15) is 23.4 Å². The van der Waals surface area contributed by atoms with E-state index < -0.39 is 12.1 Å². The van der Waals surface area contributed by atoms with Crippen molar-refractivity contribution in [3.63, 3.8) is 0 Å². The number of morpholine rings is 1. The summed E-state index contributed by atoms with van der Waals surface area (Å²) in [7, 11) is 0. The van der Waals surface area contributed by atoms with Crippen molar-refractivity contribution in [1.82, 2.24) is 4.90 Å². The van der Waals surface area contributed by atoms with Crippen LogP contribution in [-0.2, 0) is 16.0 Å². The largest absolute Gasteiger partial charge is 0.492 e. The van der Waals surface area contributed by atoms with Crippen molar-refractivity contribution < 1.29 is 33.3 Å². The van der Waals surface area contributed by atoms with Crippen LogP contribution in [0.2, 0.25) is 0 Å². The lowest BCUT2D eigenvalue weighted by Crippen LogP contribution is -2.40. The Hall–Kier alpha value is -3.91. The maximum absolute atomic E-state index is 15.3. The first-order chi connectivity index (χ1) is 19.3. The molecular formula is C32H32FNO6. The summed E-state index contributed by atoms with van der Waals surface area (Å²) in [5.41, 5.74) is 6.95. The van der Waals surface area contributed by atoms with E-state index in [1.807, 2.05) is 43.0 Å². The number of fused-ring (bicyclic) bond motifs is 2. The minimum Gasteiger partial charge on any atom is -0.492 e. The molecule has 0 radical (unpaired) electrons. The molecule has 3 aromatic rings. The number of nitrogens with zero attached hydrogens (tertiary/aromatic N) is 1. The maximum atomic E-state index is 15.3. The second-order valence-corrected chi connectivity index (χ2v) is 10.8. The highest BCUT2D eigenvalue weighted by Crippen LogP contribution is 2.45. The van der Waals surface area contributed by atoms with Gasteiger partial charge in [0.25, 0.3) is 5.91 Å². The first kappa shape index (κ1) is 26.3. The molecule has 0 saturated carbocycles. The highest BCUT2D eigenvalue weighted by Gasteiger charge is 2.32. The van der Waals surface area contributed by atoms with E-state index >= 15 is 4.39 Å². The molecule has 1 N–H and O–H groups in total. The third kappa shape index (κ3) is 4.81. The molecule has 1 fully saturated rings. The Balaban J connectivity index is 1.27. The number of ether oxygens (including phenoxy) is 3. The van der Waals surface area contributed by atoms with Crippen molar-refractivity contribution in [3.05, 3.63) is 81.7 Å². The molecule has 3 aliphatic rings. The fourth-order valence-electron chi connectivity index (χ4n) is 6.36. The van der Waals surface area contributed by atoms with Gasteiger partial charge in [0, 0.05) is 41.8 Å². The van der Waals surface area contributed by atoms with Crippen molar-refractivity contribution in [2.24, 2.45) is 0 Å². The Morgan fingerprint density at radius 3 is 2.55 bits per heavy atom. The quantitative estimate of drug-likeness (QED) is 0.434. The summed E-state index contributed by atoms with van der Waals surface area (Å²) >= 11 is 0. The second kappa shape index (κ2) is 10.6. The fourth-order valence-corrected chi connectivity index (χ4v) is 6.36. The molecule has 1 unspecified atom stereocenters. The molecule has 0 aromatic heterocycles. The number of rotatable bonds is 6. The summed E-state index contributed by atoms with van der Waals surface area (Å²) in [5, 5.41) is 9.16. The van der Waals surface area contributed by atoms with Gasteiger partial charge in [-0.3, -0.25) is 9.59 Å². The number of hydrogen-bond donors (Lipinski definition) is 1. The fraction of sp³-hybridized carbons (Fsp3) is 0.375. The zero-order valence-electron chi connectivity index (χ0n) is 22.7. The molecule has 0 spiro atoms. The highest BCUT2D eigenvalue weighted by molar-refractivity contribution is 5.96. The minimum absolute atomic E-state index is 0.00598. The number of benzene rings is 3. The lowest BCUT2D eigenvalue weighted by Gasteiger charge is -2.27. The van der Waals surface area contributed by atoms with Crippen LogP contribution < -0.4 is 9.47 Å². The van der Waals surface area contributed by atoms with Crippen molar-refractivity contribution in [1.29, 1.82) is 0 Å². The van der Waals surface area contributed by atoms with E-state index in [-0.39, 0.29) is 24.1 Å². The van der Waals surface area contributed by atoms with E-state index in [1.165, 1.54) is 6.07 Å². The van der Waals surface area contributed by atoms with E-state index in [0.29, 0.717) is 68.4 Å². The average Bonchev–Trinajstić information content (AvgIpc) is 3.54. The summed E-state index contributed by atoms with van der Waals surface area (Å²) in [6.45, 7) is 6.60. The number of amides is 1. The number of carbonyl (C=O) groups is 2. The molecule has 6 rings (SSSR count). The molecule has 1 amide bonds. The van der Waals surface area contributed by atoms with Gasteiger partial charge in [-0.1, -0.05) is 12.1 Å². The van der Waals surface area contributed by atoms with Crippen LogP contribution in [0.1, 0.15) is 63.0 Å². The molecule has 0 bridgehead atoms. The summed E-state index contributed by atoms with van der Waals surface area (Å²) < 4.78 is 32.7. The van der Waals surface area contributed by atoms with Gasteiger partial charge in [0.15, 0.2) is 0 Å². The molecule has 2 atom stereocenters. The van der Waals surface area contributed by atoms with Crippen LogP contribution in [0.15, 0.2) is 42.5 Å². The molecule has 2 aliphatic heterocycles. The Morgan fingerprint density at radius 1 is 1.07 bits per heavy atom. The first-order valence-corrected chi connectivity index (χ1v) is 13.7. The van der Waals surface area contributed by atoms with E-state index in [0.717, 1.165) is 33.4 Å². The second-order valence-electron chi connectivity index (χ2n) is 10.8. The number of carbonyl (C=O) groups excluding carboxylic acids is 1. The van der Waals surface area contributed by atoms with E-state index in [4.69, 9.17) is 19.3 Å². The Bertz CT molecular complexity index is 1470. The molecule has 1 saturated heterocycles. The van der Waals surface area contributed by atoms with Crippen LogP contribution in [0, 0.1) is 19.7 Å². The van der Waals surface area contributed by atoms with Gasteiger partial charge in [0.2, 0.25) is 0 Å². The molecule has 208 valence electrons. The van der Waals surface area contributed by atoms with Gasteiger partial charge >= 0.3 is 5.97 Å². The molecule has 3 aromatic carbocycles. The maximum Gasteiger partial charge on any atom is 0.304 e. The van der Waals surface area contributed by atoms with Crippen molar-refractivity contribution in [2.75, 3.05) is 32.9 Å². The summed E-state index contributed by atoms with van der Waals surface area (Å²) in [6.07, 6.45) is 0.863. The van der Waals surface area contributed by atoms with Crippen molar-refractivity contribution in [2.45, 2.75) is 45.1 Å². The Morgan fingerprint density at radius 2 is 1.82 bits per heavy atom. The Kier molecular flexibility index (Phi) is 6.96. The van der Waals surface area contributed by atoms with Gasteiger partial charge in [-0.05, 0) is 78.8 Å². The number of carboxylic acid groups (broad SMARTS) is 1. The predicted molar refractivity (Wildman–Crippen MR) is 147 cm³/mol. The highest BCUT2D eigenvalue weighted by atomic mass is 19.1. The predicted octanol–water partition coefficient (Wildman–Crippen LogP) is 5.60. The van der Waals surface area contributed by atoms with Crippen LogP contribution in [0.4, 0.5) is 4.39 Å². The monoisotopic (exact) mass is 545 g/mol. The third-order valence-electron chi connectivity index (χ3n) is 8.19. The molecule has 2 heterocycles. The molecule has 40 heavy (non-hydrogen) atoms. The molecule has 7 nitrogen and oxygen atoms in total. The third-order valence-corrected chi connectivity index (χ3v) is 8.19. The standard InChI is InChI=1S/C32H32FNO6/c1-18-13-20(32(37)34-9-11-38-12-10-34)14-19(2)30(18)24-5-7-26(33)31-25(24)6-8-27(31)40-22-3-4-23-21(15-29(35)36)17-39-28(23)16-22/h3-5,7,13-14,16,21,27H,6,8-12,15,17H2,1-2H3,(H,35,36)/t21?,27-/m1/s1. The van der Waals surface area contributed by atoms with Gasteiger partial charge in [-0.2, -0.15) is 0 Å². The number of halogens is 1. The van der Waals surface area contributed by atoms with Crippen LogP contribution in [0.3, 0.4) is 0 Å². The van der Waals surface area contributed by atoms with Crippen LogP contribution in [0.5, 0.6) is 11.5 Å². The summed E-state index contributed by atoms with van der Waals surface area (Å²) in [6, 6.07) is 12.6. The topological polar surface area (TPSA) is 85.3 Å². The number of aliphatic carboxylic acids is 1.